The zero-order chi connectivity index (χ0) is 18.1. The normalized spacial score (nSPS) is 14.5. The zero-order valence-electron chi connectivity index (χ0n) is 14.5. The van der Waals surface area contributed by atoms with Crippen LogP contribution in [0, 0.1) is 0 Å². The van der Waals surface area contributed by atoms with Crippen LogP contribution < -0.4 is 5.56 Å². The fourth-order valence-electron chi connectivity index (χ4n) is 3.24. The van der Waals surface area contributed by atoms with E-state index >= 15 is 0 Å². The summed E-state index contributed by atoms with van der Waals surface area (Å²) in [4.78, 5) is 31.1. The highest BCUT2D eigenvalue weighted by atomic mass is 16.2. The third-order valence-corrected chi connectivity index (χ3v) is 4.73. The molecular formula is C19H19N5O2. The minimum absolute atomic E-state index is 0.00875. The van der Waals surface area contributed by atoms with E-state index < -0.39 is 0 Å². The molecule has 0 saturated carbocycles. The minimum Gasteiger partial charge on any atom is -0.337 e. The lowest BCUT2D eigenvalue weighted by molar-refractivity contribution is -0.131. The van der Waals surface area contributed by atoms with E-state index in [1.165, 1.54) is 28.2 Å². The van der Waals surface area contributed by atoms with Gasteiger partial charge < -0.3 is 4.90 Å². The average molecular weight is 349 g/mol. The lowest BCUT2D eigenvalue weighted by Gasteiger charge is -2.27. The number of aryl methyl sites for hydroxylation is 1. The Labute approximate surface area is 150 Å². The summed E-state index contributed by atoms with van der Waals surface area (Å²) in [5.41, 5.74) is 2.73. The molecule has 3 aromatic rings. The Hall–Kier alpha value is -3.22. The fraction of sp³-hybridized carbons (Fsp3) is 0.263. The molecule has 0 unspecified atom stereocenters. The Morgan fingerprint density at radius 1 is 1.23 bits per heavy atom. The second kappa shape index (κ2) is 6.59. The van der Waals surface area contributed by atoms with Gasteiger partial charge in [-0.25, -0.2) is 4.98 Å². The van der Waals surface area contributed by atoms with Crippen molar-refractivity contribution in [2.75, 3.05) is 13.1 Å². The van der Waals surface area contributed by atoms with Crippen molar-refractivity contribution in [1.82, 2.24) is 24.2 Å². The van der Waals surface area contributed by atoms with E-state index in [2.05, 4.69) is 28.3 Å². The summed E-state index contributed by atoms with van der Waals surface area (Å²) in [7, 11) is 1.73. The van der Waals surface area contributed by atoms with Crippen molar-refractivity contribution in [3.63, 3.8) is 0 Å². The standard InChI is InChI=1S/C19H19N5O2/c1-22-18-16(11-21-22)19(26)24(13-20-18)12-17(25)23-9-7-15(8-10-23)14-5-3-2-4-6-14/h2-7,11,13H,8-10,12H2,1H3. The first-order chi connectivity index (χ1) is 12.6. The topological polar surface area (TPSA) is 73.0 Å². The largest absolute Gasteiger partial charge is 0.337 e. The molecule has 0 fully saturated rings. The van der Waals surface area contributed by atoms with E-state index in [4.69, 9.17) is 0 Å². The number of carbonyl (C=O) groups excluding carboxylic acids is 1. The summed E-state index contributed by atoms with van der Waals surface area (Å²) in [5.74, 6) is -0.0829. The highest BCUT2D eigenvalue weighted by molar-refractivity contribution is 5.79. The van der Waals surface area contributed by atoms with E-state index in [9.17, 15) is 9.59 Å². The van der Waals surface area contributed by atoms with E-state index in [1.807, 2.05) is 18.2 Å². The van der Waals surface area contributed by atoms with Crippen molar-refractivity contribution in [2.45, 2.75) is 13.0 Å². The molecule has 0 spiro atoms. The molecule has 0 bridgehead atoms. The maximum absolute atomic E-state index is 12.6. The van der Waals surface area contributed by atoms with Crippen molar-refractivity contribution in [3.05, 3.63) is 64.8 Å². The van der Waals surface area contributed by atoms with Gasteiger partial charge in [-0.1, -0.05) is 36.4 Å². The number of amides is 1. The van der Waals surface area contributed by atoms with Crippen molar-refractivity contribution in [3.8, 4) is 0 Å². The lowest BCUT2D eigenvalue weighted by atomic mass is 9.99. The molecule has 7 heteroatoms. The van der Waals surface area contributed by atoms with Crippen molar-refractivity contribution >= 4 is 22.5 Å². The molecule has 0 N–H and O–H groups in total. The maximum Gasteiger partial charge on any atom is 0.264 e. The number of fused-ring (bicyclic) bond motifs is 1. The second-order valence-electron chi connectivity index (χ2n) is 6.37. The molecule has 1 aliphatic heterocycles. The van der Waals surface area contributed by atoms with Gasteiger partial charge in [-0.05, 0) is 17.6 Å². The number of hydrogen-bond acceptors (Lipinski definition) is 4. The van der Waals surface area contributed by atoms with Gasteiger partial charge in [0.1, 0.15) is 18.3 Å². The second-order valence-corrected chi connectivity index (χ2v) is 6.37. The van der Waals surface area contributed by atoms with Crippen LogP contribution in [0.4, 0.5) is 0 Å². The van der Waals surface area contributed by atoms with E-state index in [0.717, 1.165) is 6.42 Å². The van der Waals surface area contributed by atoms with Gasteiger partial charge in [-0.2, -0.15) is 5.10 Å². The van der Waals surface area contributed by atoms with Crippen LogP contribution in [0.1, 0.15) is 12.0 Å². The number of aromatic nitrogens is 4. The Morgan fingerprint density at radius 2 is 2.04 bits per heavy atom. The molecule has 7 nitrogen and oxygen atoms in total. The van der Waals surface area contributed by atoms with Crippen LogP contribution in [0.5, 0.6) is 0 Å². The van der Waals surface area contributed by atoms with Gasteiger partial charge >= 0.3 is 0 Å². The smallest absolute Gasteiger partial charge is 0.264 e. The molecular weight excluding hydrogens is 330 g/mol. The molecule has 1 amide bonds. The van der Waals surface area contributed by atoms with Crippen molar-refractivity contribution < 1.29 is 4.79 Å². The summed E-state index contributed by atoms with van der Waals surface area (Å²) in [5, 5.41) is 4.47. The molecule has 0 atom stereocenters. The first kappa shape index (κ1) is 16.3. The summed E-state index contributed by atoms with van der Waals surface area (Å²) >= 11 is 0. The van der Waals surface area contributed by atoms with Gasteiger partial charge in [0.25, 0.3) is 5.56 Å². The molecule has 0 saturated heterocycles. The maximum atomic E-state index is 12.6. The highest BCUT2D eigenvalue weighted by Gasteiger charge is 2.19. The first-order valence-corrected chi connectivity index (χ1v) is 8.53. The Bertz CT molecular complexity index is 1050. The lowest BCUT2D eigenvalue weighted by Crippen LogP contribution is -2.39. The van der Waals surface area contributed by atoms with Gasteiger partial charge in [-0.15, -0.1) is 0 Å². The van der Waals surface area contributed by atoms with E-state index in [0.29, 0.717) is 24.1 Å². The van der Waals surface area contributed by atoms with Gasteiger partial charge in [0.05, 0.1) is 6.20 Å². The van der Waals surface area contributed by atoms with Crippen molar-refractivity contribution in [1.29, 1.82) is 0 Å². The van der Waals surface area contributed by atoms with Crippen molar-refractivity contribution in [2.24, 2.45) is 7.05 Å². The van der Waals surface area contributed by atoms with Gasteiger partial charge in [-0.3, -0.25) is 18.8 Å². The summed E-state index contributed by atoms with van der Waals surface area (Å²) in [6, 6.07) is 10.2. The Morgan fingerprint density at radius 3 is 2.77 bits per heavy atom. The number of nitrogens with zero attached hydrogens (tertiary/aromatic N) is 5. The SMILES string of the molecule is Cn1ncc2c(=O)n(CC(=O)N3CC=C(c4ccccc4)CC3)cnc21. The monoisotopic (exact) mass is 349 g/mol. The van der Waals surface area contributed by atoms with Crippen LogP contribution in [0.3, 0.4) is 0 Å². The first-order valence-electron chi connectivity index (χ1n) is 8.53. The molecule has 0 radical (unpaired) electrons. The van der Waals surface area contributed by atoms with Crippen LogP contribution in [0.25, 0.3) is 16.6 Å². The van der Waals surface area contributed by atoms with E-state index in [1.54, 1.807) is 16.6 Å². The number of hydrogen-bond donors (Lipinski definition) is 0. The van der Waals surface area contributed by atoms with E-state index in [-0.39, 0.29) is 18.0 Å². The average Bonchev–Trinajstić information content (AvgIpc) is 3.06. The molecule has 0 aliphatic carbocycles. The fourth-order valence-corrected chi connectivity index (χ4v) is 3.24. The number of carbonyl (C=O) groups is 1. The highest BCUT2D eigenvalue weighted by Crippen LogP contribution is 2.22. The molecule has 1 aromatic carbocycles. The molecule has 2 aromatic heterocycles. The number of benzene rings is 1. The minimum atomic E-state index is -0.242. The zero-order valence-corrected chi connectivity index (χ0v) is 14.5. The summed E-state index contributed by atoms with van der Waals surface area (Å²) in [6.45, 7) is 1.20. The van der Waals surface area contributed by atoms with Crippen LogP contribution in [0.15, 0.2) is 53.7 Å². The quantitative estimate of drug-likeness (QED) is 0.717. The van der Waals surface area contributed by atoms with Gasteiger partial charge in [0, 0.05) is 20.1 Å². The third-order valence-electron chi connectivity index (χ3n) is 4.73. The third kappa shape index (κ3) is 2.92. The molecule has 132 valence electrons. The van der Waals surface area contributed by atoms with Crippen LogP contribution in [-0.2, 0) is 18.4 Å². The predicted molar refractivity (Wildman–Crippen MR) is 98.4 cm³/mol. The molecule has 4 rings (SSSR count). The summed E-state index contributed by atoms with van der Waals surface area (Å²) < 4.78 is 2.90. The van der Waals surface area contributed by atoms with Crippen LogP contribution >= 0.6 is 0 Å². The number of rotatable bonds is 3. The molecule has 26 heavy (non-hydrogen) atoms. The summed E-state index contributed by atoms with van der Waals surface area (Å²) in [6.07, 6.45) is 5.80. The van der Waals surface area contributed by atoms with Gasteiger partial charge in [0.15, 0.2) is 5.65 Å². The van der Waals surface area contributed by atoms with Crippen LogP contribution in [-0.4, -0.2) is 43.2 Å². The Kier molecular flexibility index (Phi) is 4.12. The van der Waals surface area contributed by atoms with Gasteiger partial charge in [0.2, 0.25) is 5.91 Å². The Balaban J connectivity index is 1.49. The molecule has 3 heterocycles. The van der Waals surface area contributed by atoms with Crippen LogP contribution in [0.2, 0.25) is 0 Å². The predicted octanol–water partition coefficient (Wildman–Crippen LogP) is 1.45. The molecule has 1 aliphatic rings.